The van der Waals surface area contributed by atoms with E-state index in [0.29, 0.717) is 80.1 Å². The number of amides is 2. The van der Waals surface area contributed by atoms with Gasteiger partial charge in [-0.1, -0.05) is 18.2 Å². The van der Waals surface area contributed by atoms with Crippen LogP contribution in [0.25, 0.3) is 33.8 Å². The van der Waals surface area contributed by atoms with Crippen molar-refractivity contribution >= 4 is 51.7 Å². The standard InChI is InChI=1S/C41H32N10O5/c1-2-51-32-12-13-45-18-31(32)50-38(51)36-37(44)46-19-30(49-36)21-4-3-5-25(14-21)48-35(52)20-47-39(53)22-6-9-27-26(15-22)40(54)56-41(27)28-10-7-23(42)16-33(28)55-34-17-24(43)8-11-29(34)41/h3-19H,2,20,42-43H2,1H3,(H2,44,46)(H,47,53)(H,48,52). The number of nitrogens with one attached hydrogen (secondary N) is 2. The Balaban J connectivity index is 0.923. The molecule has 2 amide bonds. The van der Waals surface area contributed by atoms with Crippen LogP contribution in [-0.4, -0.2) is 48.8 Å². The van der Waals surface area contributed by atoms with Crippen molar-refractivity contribution in [2.24, 2.45) is 0 Å². The summed E-state index contributed by atoms with van der Waals surface area (Å²) in [6.07, 6.45) is 4.95. The summed E-state index contributed by atoms with van der Waals surface area (Å²) in [7, 11) is 0. The number of anilines is 4. The van der Waals surface area contributed by atoms with E-state index in [-0.39, 0.29) is 23.5 Å². The van der Waals surface area contributed by atoms with Crippen LogP contribution < -0.4 is 32.6 Å². The van der Waals surface area contributed by atoms with Gasteiger partial charge in [-0.3, -0.25) is 14.6 Å². The summed E-state index contributed by atoms with van der Waals surface area (Å²) in [5.74, 6) is -0.0330. The average Bonchev–Trinajstić information content (AvgIpc) is 3.71. The zero-order chi connectivity index (χ0) is 38.7. The number of nitrogens with two attached hydrogens (primary N) is 3. The summed E-state index contributed by atoms with van der Waals surface area (Å²) in [6.45, 7) is 2.29. The Morgan fingerprint density at radius 2 is 1.61 bits per heavy atom. The molecule has 0 radical (unpaired) electrons. The zero-order valence-electron chi connectivity index (χ0n) is 29.7. The Kier molecular flexibility index (Phi) is 7.86. The molecule has 15 nitrogen and oxygen atoms in total. The summed E-state index contributed by atoms with van der Waals surface area (Å²) < 4.78 is 14.3. The largest absolute Gasteiger partial charge is 0.456 e. The normalized spacial score (nSPS) is 13.3. The molecule has 15 heteroatoms. The molecule has 0 saturated carbocycles. The van der Waals surface area contributed by atoms with Gasteiger partial charge >= 0.3 is 5.97 Å². The highest BCUT2D eigenvalue weighted by atomic mass is 16.6. The maximum Gasteiger partial charge on any atom is 0.340 e. The van der Waals surface area contributed by atoms with Crippen LogP contribution in [0.5, 0.6) is 11.5 Å². The molecule has 2 aliphatic rings. The van der Waals surface area contributed by atoms with Crippen LogP contribution in [0.2, 0.25) is 0 Å². The third-order valence-electron chi connectivity index (χ3n) is 9.85. The fraction of sp³-hybridized carbons (Fsp3) is 0.0976. The maximum atomic E-state index is 13.5. The summed E-state index contributed by atoms with van der Waals surface area (Å²) in [5, 5.41) is 5.45. The number of ether oxygens (including phenoxy) is 2. The third-order valence-corrected chi connectivity index (χ3v) is 9.85. The van der Waals surface area contributed by atoms with Crippen molar-refractivity contribution in [1.29, 1.82) is 0 Å². The molecule has 9 rings (SSSR count). The number of carbonyl (C=O) groups is 3. The first-order valence-corrected chi connectivity index (χ1v) is 17.6. The SMILES string of the molecule is CCn1c(-c2nc(-c3cccc(NC(=O)CNC(=O)c4ccc5c(c4)C(=O)OC54c5ccc(N)cc5Oc5cc(N)ccc54)c3)cnc2N)nc2cnccc21. The van der Waals surface area contributed by atoms with Gasteiger partial charge in [0.15, 0.2) is 17.2 Å². The lowest BCUT2D eigenvalue weighted by Crippen LogP contribution is -2.33. The summed E-state index contributed by atoms with van der Waals surface area (Å²) in [4.78, 5) is 58.0. The van der Waals surface area contributed by atoms with E-state index in [2.05, 4.69) is 20.6 Å². The van der Waals surface area contributed by atoms with Crippen molar-refractivity contribution < 1.29 is 23.9 Å². The first kappa shape index (κ1) is 34.0. The lowest BCUT2D eigenvalue weighted by molar-refractivity contribution is -0.115. The maximum absolute atomic E-state index is 13.5. The fourth-order valence-electron chi connectivity index (χ4n) is 7.31. The van der Waals surface area contributed by atoms with Gasteiger partial charge in [0.05, 0.1) is 35.7 Å². The number of nitrogens with zero attached hydrogens (tertiary/aromatic N) is 5. The number of pyridine rings is 1. The summed E-state index contributed by atoms with van der Waals surface area (Å²) >= 11 is 0. The topological polar surface area (TPSA) is 228 Å². The van der Waals surface area contributed by atoms with Crippen LogP contribution in [0.4, 0.5) is 22.9 Å². The minimum absolute atomic E-state index is 0.167. The van der Waals surface area contributed by atoms with Crippen LogP contribution in [-0.2, 0) is 21.7 Å². The fourth-order valence-corrected chi connectivity index (χ4v) is 7.31. The van der Waals surface area contributed by atoms with Crippen LogP contribution >= 0.6 is 0 Å². The van der Waals surface area contributed by atoms with Gasteiger partial charge in [0, 0.05) is 69.8 Å². The summed E-state index contributed by atoms with van der Waals surface area (Å²) in [6, 6.07) is 23.9. The Hall–Kier alpha value is -7.81. The van der Waals surface area contributed by atoms with E-state index in [0.717, 1.165) is 5.52 Å². The molecule has 1 spiro atoms. The van der Waals surface area contributed by atoms with Gasteiger partial charge in [0.1, 0.15) is 22.7 Å². The molecule has 0 bridgehead atoms. The van der Waals surface area contributed by atoms with Crippen molar-refractivity contribution in [1.82, 2.24) is 29.8 Å². The number of hydrogen-bond acceptors (Lipinski definition) is 12. The first-order valence-electron chi connectivity index (χ1n) is 17.6. The molecule has 8 N–H and O–H groups in total. The van der Waals surface area contributed by atoms with Gasteiger partial charge in [0.25, 0.3) is 5.91 Å². The smallest absolute Gasteiger partial charge is 0.340 e. The number of esters is 1. The minimum Gasteiger partial charge on any atom is -0.456 e. The van der Waals surface area contributed by atoms with E-state index in [1.165, 1.54) is 6.07 Å². The van der Waals surface area contributed by atoms with Gasteiger partial charge in [-0.25, -0.2) is 19.7 Å². The second kappa shape index (κ2) is 12.9. The molecular weight excluding hydrogens is 713 g/mol. The Morgan fingerprint density at radius 1 is 0.857 bits per heavy atom. The highest BCUT2D eigenvalue weighted by Gasteiger charge is 2.53. The highest BCUT2D eigenvalue weighted by molar-refractivity contribution is 6.03. The van der Waals surface area contributed by atoms with Crippen molar-refractivity contribution in [2.45, 2.75) is 19.1 Å². The third kappa shape index (κ3) is 5.48. The molecule has 0 fully saturated rings. The van der Waals surface area contributed by atoms with E-state index in [1.807, 2.05) is 23.6 Å². The molecule has 56 heavy (non-hydrogen) atoms. The number of carbonyl (C=O) groups excluding carboxylic acids is 3. The van der Waals surface area contributed by atoms with E-state index < -0.39 is 23.4 Å². The molecule has 5 heterocycles. The second-order valence-electron chi connectivity index (χ2n) is 13.3. The van der Waals surface area contributed by atoms with Crippen molar-refractivity contribution in [3.8, 4) is 34.3 Å². The van der Waals surface area contributed by atoms with Crippen LogP contribution in [0.15, 0.2) is 104 Å². The minimum atomic E-state index is -1.36. The molecule has 3 aromatic heterocycles. The van der Waals surface area contributed by atoms with Gasteiger partial charge in [0.2, 0.25) is 5.91 Å². The number of benzene rings is 4. The summed E-state index contributed by atoms with van der Waals surface area (Å²) in [5.41, 5.74) is 23.7. The first-order chi connectivity index (χ1) is 27.1. The van der Waals surface area contributed by atoms with Crippen LogP contribution in [0.3, 0.4) is 0 Å². The molecule has 7 aromatic rings. The number of aryl methyl sites for hydroxylation is 1. The Bertz CT molecular complexity index is 2750. The van der Waals surface area contributed by atoms with Crippen LogP contribution in [0, 0.1) is 0 Å². The van der Waals surface area contributed by atoms with Crippen molar-refractivity contribution in [3.05, 3.63) is 131 Å². The van der Waals surface area contributed by atoms with Gasteiger partial charge in [-0.15, -0.1) is 0 Å². The van der Waals surface area contributed by atoms with E-state index in [4.69, 9.17) is 36.6 Å². The molecule has 276 valence electrons. The number of nitrogen functional groups attached to an aromatic ring is 3. The van der Waals surface area contributed by atoms with E-state index >= 15 is 0 Å². The molecule has 4 aromatic carbocycles. The molecule has 0 saturated heterocycles. The van der Waals surface area contributed by atoms with Gasteiger partial charge < -0.3 is 41.9 Å². The van der Waals surface area contributed by atoms with E-state index in [1.54, 1.807) is 85.3 Å². The second-order valence-corrected chi connectivity index (χ2v) is 13.3. The molecule has 0 aliphatic carbocycles. The average molecular weight is 745 g/mol. The van der Waals surface area contributed by atoms with Gasteiger partial charge in [-0.05, 0) is 61.5 Å². The molecule has 0 unspecified atom stereocenters. The molecular formula is C41H32N10O5. The number of imidazole rings is 1. The predicted molar refractivity (Wildman–Crippen MR) is 209 cm³/mol. The monoisotopic (exact) mass is 744 g/mol. The molecule has 2 aliphatic heterocycles. The lowest BCUT2D eigenvalue weighted by Gasteiger charge is -2.36. The zero-order valence-corrected chi connectivity index (χ0v) is 29.7. The molecule has 0 atom stereocenters. The van der Waals surface area contributed by atoms with Crippen LogP contribution in [0.1, 0.15) is 44.3 Å². The number of fused-ring (bicyclic) bond motifs is 7. The lowest BCUT2D eigenvalue weighted by atomic mass is 9.77. The van der Waals surface area contributed by atoms with Crippen molar-refractivity contribution in [3.63, 3.8) is 0 Å². The van der Waals surface area contributed by atoms with E-state index in [9.17, 15) is 14.4 Å². The Labute approximate surface area is 318 Å². The highest BCUT2D eigenvalue weighted by Crippen LogP contribution is 2.56. The number of hydrogen-bond donors (Lipinski definition) is 5. The Morgan fingerprint density at radius 3 is 2.36 bits per heavy atom. The quantitative estimate of drug-likeness (QED) is 0.104. The number of aromatic nitrogens is 5. The van der Waals surface area contributed by atoms with Crippen molar-refractivity contribution in [2.75, 3.05) is 29.1 Å². The number of rotatable bonds is 7. The van der Waals surface area contributed by atoms with Gasteiger partial charge in [-0.2, -0.15) is 0 Å². The predicted octanol–water partition coefficient (Wildman–Crippen LogP) is 5.26.